The summed E-state index contributed by atoms with van der Waals surface area (Å²) in [7, 11) is 0. The van der Waals surface area contributed by atoms with Crippen LogP contribution in [0.3, 0.4) is 0 Å². The van der Waals surface area contributed by atoms with Crippen molar-refractivity contribution in [3.63, 3.8) is 0 Å². The highest BCUT2D eigenvalue weighted by molar-refractivity contribution is 7.18. The summed E-state index contributed by atoms with van der Waals surface area (Å²) in [5.41, 5.74) is 3.28. The van der Waals surface area contributed by atoms with Gasteiger partial charge < -0.3 is 5.32 Å². The highest BCUT2D eigenvalue weighted by Crippen LogP contribution is 2.22. The lowest BCUT2D eigenvalue weighted by molar-refractivity contribution is -0.121. The quantitative estimate of drug-likeness (QED) is 0.498. The summed E-state index contributed by atoms with van der Waals surface area (Å²) in [5.74, 6) is 0.0767. The average Bonchev–Trinajstić information content (AvgIpc) is 3.36. The molecule has 2 heterocycles. The van der Waals surface area contributed by atoms with Crippen LogP contribution in [0.4, 0.5) is 0 Å². The molecule has 0 bridgehead atoms. The van der Waals surface area contributed by atoms with Crippen molar-refractivity contribution >= 4 is 27.5 Å². The summed E-state index contributed by atoms with van der Waals surface area (Å²) in [6, 6.07) is 16.3. The lowest BCUT2D eigenvalue weighted by atomic mass is 10.1. The summed E-state index contributed by atoms with van der Waals surface area (Å²) >= 11 is 1.71. The van der Waals surface area contributed by atoms with Crippen molar-refractivity contribution in [3.05, 3.63) is 77.3 Å². The van der Waals surface area contributed by atoms with Gasteiger partial charge in [0.15, 0.2) is 0 Å². The maximum absolute atomic E-state index is 12.1. The predicted molar refractivity (Wildman–Crippen MR) is 110 cm³/mol. The van der Waals surface area contributed by atoms with Gasteiger partial charge in [-0.2, -0.15) is 5.10 Å². The predicted octanol–water partition coefficient (Wildman–Crippen LogP) is 3.58. The first-order valence-electron chi connectivity index (χ1n) is 9.28. The standard InChI is InChI=1S/C21H21N5OS/c27-20(6-3-7-21-25-18-4-1-2-5-19(18)28-21)23-12-16-8-10-17(11-9-16)13-26-15-22-14-24-26/h1-2,4-5,8-11,14-15H,3,6-7,12-13H2,(H,23,27). The van der Waals surface area contributed by atoms with Gasteiger partial charge in [0.05, 0.1) is 21.8 Å². The number of fused-ring (bicyclic) bond motifs is 1. The molecule has 0 aliphatic heterocycles. The Hall–Kier alpha value is -3.06. The van der Waals surface area contributed by atoms with Crippen LogP contribution in [0.1, 0.15) is 29.0 Å². The number of aromatic nitrogens is 4. The monoisotopic (exact) mass is 391 g/mol. The van der Waals surface area contributed by atoms with Crippen LogP contribution in [0.15, 0.2) is 61.2 Å². The zero-order valence-electron chi connectivity index (χ0n) is 15.4. The van der Waals surface area contributed by atoms with Crippen molar-refractivity contribution in [2.45, 2.75) is 32.4 Å². The second-order valence-electron chi connectivity index (χ2n) is 6.62. The largest absolute Gasteiger partial charge is 0.352 e. The van der Waals surface area contributed by atoms with E-state index in [0.717, 1.165) is 34.5 Å². The molecule has 0 radical (unpaired) electrons. The highest BCUT2D eigenvalue weighted by atomic mass is 32.1. The van der Waals surface area contributed by atoms with E-state index in [0.29, 0.717) is 19.5 Å². The minimum absolute atomic E-state index is 0.0767. The number of thiazole rings is 1. The van der Waals surface area contributed by atoms with E-state index < -0.39 is 0 Å². The Labute approximate surface area is 167 Å². The van der Waals surface area contributed by atoms with E-state index >= 15 is 0 Å². The van der Waals surface area contributed by atoms with E-state index in [1.807, 2.05) is 30.3 Å². The van der Waals surface area contributed by atoms with Crippen LogP contribution in [0.5, 0.6) is 0 Å². The molecule has 1 amide bonds. The first kappa shape index (κ1) is 18.3. The molecular weight excluding hydrogens is 370 g/mol. The zero-order valence-corrected chi connectivity index (χ0v) is 16.2. The number of aryl methyl sites for hydroxylation is 1. The molecule has 2 aromatic heterocycles. The number of para-hydroxylation sites is 1. The van der Waals surface area contributed by atoms with E-state index in [-0.39, 0.29) is 5.91 Å². The highest BCUT2D eigenvalue weighted by Gasteiger charge is 2.06. The van der Waals surface area contributed by atoms with Gasteiger partial charge in [-0.15, -0.1) is 11.3 Å². The molecule has 4 aromatic rings. The third-order valence-corrected chi connectivity index (χ3v) is 5.55. The molecule has 2 aromatic carbocycles. The van der Waals surface area contributed by atoms with E-state index in [9.17, 15) is 4.79 Å². The summed E-state index contributed by atoms with van der Waals surface area (Å²) in [6.45, 7) is 1.24. The Kier molecular flexibility index (Phi) is 5.72. The van der Waals surface area contributed by atoms with Crippen molar-refractivity contribution in [3.8, 4) is 0 Å². The molecule has 6 nitrogen and oxygen atoms in total. The smallest absolute Gasteiger partial charge is 0.220 e. The van der Waals surface area contributed by atoms with E-state index in [1.165, 1.54) is 11.0 Å². The van der Waals surface area contributed by atoms with E-state index in [4.69, 9.17) is 0 Å². The third kappa shape index (κ3) is 4.80. The van der Waals surface area contributed by atoms with Crippen LogP contribution in [0.25, 0.3) is 10.2 Å². The lowest BCUT2D eigenvalue weighted by Crippen LogP contribution is -2.22. The van der Waals surface area contributed by atoms with Crippen LogP contribution in [-0.2, 0) is 24.3 Å². The van der Waals surface area contributed by atoms with Crippen molar-refractivity contribution in [2.24, 2.45) is 0 Å². The molecular formula is C21H21N5OS. The number of amides is 1. The molecule has 7 heteroatoms. The van der Waals surface area contributed by atoms with Crippen molar-refractivity contribution in [2.75, 3.05) is 0 Å². The topological polar surface area (TPSA) is 72.7 Å². The van der Waals surface area contributed by atoms with Gasteiger partial charge >= 0.3 is 0 Å². The van der Waals surface area contributed by atoms with Crippen molar-refractivity contribution in [1.29, 1.82) is 0 Å². The number of hydrogen-bond acceptors (Lipinski definition) is 5. The normalized spacial score (nSPS) is 11.0. The fourth-order valence-corrected chi connectivity index (χ4v) is 3.99. The van der Waals surface area contributed by atoms with Crippen LogP contribution >= 0.6 is 11.3 Å². The summed E-state index contributed by atoms with van der Waals surface area (Å²) < 4.78 is 2.98. The SMILES string of the molecule is O=C(CCCc1nc2ccccc2s1)NCc1ccc(Cn2cncn2)cc1. The van der Waals surface area contributed by atoms with Gasteiger partial charge in [-0.1, -0.05) is 36.4 Å². The second-order valence-corrected chi connectivity index (χ2v) is 7.73. The maximum Gasteiger partial charge on any atom is 0.220 e. The molecule has 0 fully saturated rings. The maximum atomic E-state index is 12.1. The van der Waals surface area contributed by atoms with Gasteiger partial charge in [0.25, 0.3) is 0 Å². The van der Waals surface area contributed by atoms with Gasteiger partial charge in [-0.05, 0) is 36.1 Å². The Balaban J connectivity index is 1.19. The summed E-state index contributed by atoms with van der Waals surface area (Å²) in [6.07, 6.45) is 5.38. The van der Waals surface area contributed by atoms with Gasteiger partial charge in [-0.3, -0.25) is 4.79 Å². The molecule has 0 spiro atoms. The fourth-order valence-electron chi connectivity index (χ4n) is 2.98. The Morgan fingerprint density at radius 3 is 2.68 bits per heavy atom. The van der Waals surface area contributed by atoms with Gasteiger partial charge in [0, 0.05) is 13.0 Å². The number of nitrogens with zero attached hydrogens (tertiary/aromatic N) is 4. The number of carbonyl (C=O) groups is 1. The number of hydrogen-bond donors (Lipinski definition) is 1. The molecule has 0 aliphatic rings. The molecule has 142 valence electrons. The molecule has 4 rings (SSSR count). The van der Waals surface area contributed by atoms with E-state index in [2.05, 4.69) is 38.6 Å². The van der Waals surface area contributed by atoms with Crippen LogP contribution in [0, 0.1) is 0 Å². The lowest BCUT2D eigenvalue weighted by Gasteiger charge is -2.07. The molecule has 0 saturated carbocycles. The Bertz CT molecular complexity index is 1010. The molecule has 0 unspecified atom stereocenters. The number of nitrogens with one attached hydrogen (secondary N) is 1. The van der Waals surface area contributed by atoms with Crippen LogP contribution in [-0.4, -0.2) is 25.7 Å². The van der Waals surface area contributed by atoms with Crippen LogP contribution in [0.2, 0.25) is 0 Å². The number of carbonyl (C=O) groups excluding carboxylic acids is 1. The first-order chi connectivity index (χ1) is 13.8. The second kappa shape index (κ2) is 8.75. The summed E-state index contributed by atoms with van der Waals surface area (Å²) in [4.78, 5) is 20.7. The minimum atomic E-state index is 0.0767. The Morgan fingerprint density at radius 1 is 1.07 bits per heavy atom. The molecule has 0 aliphatic carbocycles. The Morgan fingerprint density at radius 2 is 1.89 bits per heavy atom. The molecule has 28 heavy (non-hydrogen) atoms. The number of rotatable bonds is 8. The van der Waals surface area contributed by atoms with Crippen molar-refractivity contribution < 1.29 is 4.79 Å². The minimum Gasteiger partial charge on any atom is -0.352 e. The molecule has 0 atom stereocenters. The fraction of sp³-hybridized carbons (Fsp3) is 0.238. The number of benzene rings is 2. The van der Waals surface area contributed by atoms with Gasteiger partial charge in [-0.25, -0.2) is 14.6 Å². The third-order valence-electron chi connectivity index (χ3n) is 4.46. The van der Waals surface area contributed by atoms with E-state index in [1.54, 1.807) is 22.3 Å². The summed E-state index contributed by atoms with van der Waals surface area (Å²) in [5, 5.41) is 8.19. The first-order valence-corrected chi connectivity index (χ1v) is 10.1. The molecule has 0 saturated heterocycles. The van der Waals surface area contributed by atoms with Crippen molar-refractivity contribution in [1.82, 2.24) is 25.1 Å². The van der Waals surface area contributed by atoms with Crippen LogP contribution < -0.4 is 5.32 Å². The zero-order chi connectivity index (χ0) is 19.2. The molecule has 1 N–H and O–H groups in total. The average molecular weight is 392 g/mol. The van der Waals surface area contributed by atoms with Gasteiger partial charge in [0.1, 0.15) is 12.7 Å². The van der Waals surface area contributed by atoms with Gasteiger partial charge in [0.2, 0.25) is 5.91 Å².